The van der Waals surface area contributed by atoms with E-state index in [0.717, 1.165) is 11.8 Å². The van der Waals surface area contributed by atoms with Crippen LogP contribution < -0.4 is 5.84 Å². The second-order valence-electron chi connectivity index (χ2n) is 6.27. The fourth-order valence-corrected chi connectivity index (χ4v) is 3.57. The van der Waals surface area contributed by atoms with Gasteiger partial charge in [0.15, 0.2) is 5.82 Å². The predicted octanol–water partition coefficient (Wildman–Crippen LogP) is 3.08. The fraction of sp³-hybridized carbons (Fsp3) is 0.211. The average molecular weight is 403 g/mol. The molecular weight excluding hydrogens is 384 g/mol. The smallest absolute Gasteiger partial charge is 0.235 e. The van der Waals surface area contributed by atoms with Crippen molar-refractivity contribution in [2.24, 2.45) is 0 Å². The van der Waals surface area contributed by atoms with Gasteiger partial charge >= 0.3 is 0 Å². The van der Waals surface area contributed by atoms with Crippen molar-refractivity contribution in [3.63, 3.8) is 0 Å². The quantitative estimate of drug-likeness (QED) is 0.506. The molecule has 146 valence electrons. The summed E-state index contributed by atoms with van der Waals surface area (Å²) in [4.78, 5) is 14.1. The van der Waals surface area contributed by atoms with Crippen LogP contribution >= 0.6 is 11.8 Å². The van der Waals surface area contributed by atoms with Crippen molar-refractivity contribution in [2.45, 2.75) is 23.9 Å². The van der Waals surface area contributed by atoms with Gasteiger partial charge in [0.05, 0.1) is 5.25 Å². The summed E-state index contributed by atoms with van der Waals surface area (Å²) in [5.41, 5.74) is 1.19. The van der Waals surface area contributed by atoms with Crippen LogP contribution in [0.2, 0.25) is 0 Å². The predicted molar refractivity (Wildman–Crippen MR) is 104 cm³/mol. The molecule has 0 radical (unpaired) electrons. The van der Waals surface area contributed by atoms with Crippen molar-refractivity contribution in [1.29, 1.82) is 0 Å². The number of halogens is 2. The molecule has 0 aliphatic heterocycles. The van der Waals surface area contributed by atoms with Crippen LogP contribution in [0.25, 0.3) is 11.4 Å². The molecule has 3 rings (SSSR count). The van der Waals surface area contributed by atoms with Crippen LogP contribution in [-0.2, 0) is 11.3 Å². The molecule has 0 aliphatic rings. The van der Waals surface area contributed by atoms with E-state index in [0.29, 0.717) is 22.1 Å². The fourth-order valence-electron chi connectivity index (χ4n) is 2.69. The minimum absolute atomic E-state index is 0.162. The van der Waals surface area contributed by atoms with Crippen LogP contribution in [0.5, 0.6) is 0 Å². The summed E-state index contributed by atoms with van der Waals surface area (Å²) in [5.74, 6) is 5.42. The first-order chi connectivity index (χ1) is 13.3. The summed E-state index contributed by atoms with van der Waals surface area (Å²) in [5, 5.41) is 7.84. The summed E-state index contributed by atoms with van der Waals surface area (Å²) in [6.45, 7) is 2.01. The highest BCUT2D eigenvalue weighted by Crippen LogP contribution is 2.26. The van der Waals surface area contributed by atoms with Gasteiger partial charge < -0.3 is 10.7 Å². The number of nitrogen functional groups attached to an aromatic ring is 1. The number of benzene rings is 2. The van der Waals surface area contributed by atoms with E-state index in [-0.39, 0.29) is 18.3 Å². The van der Waals surface area contributed by atoms with Crippen LogP contribution in [0.4, 0.5) is 8.78 Å². The van der Waals surface area contributed by atoms with Crippen molar-refractivity contribution in [2.75, 3.05) is 12.9 Å². The largest absolute Gasteiger partial charge is 0.340 e. The first kappa shape index (κ1) is 19.8. The molecule has 0 fully saturated rings. The highest BCUT2D eigenvalue weighted by atomic mass is 32.2. The average Bonchev–Trinajstić information content (AvgIpc) is 3.01. The molecule has 1 heterocycles. The molecule has 2 aromatic carbocycles. The molecule has 2 N–H and O–H groups in total. The lowest BCUT2D eigenvalue weighted by Crippen LogP contribution is -2.33. The van der Waals surface area contributed by atoms with Crippen molar-refractivity contribution < 1.29 is 13.6 Å². The Kier molecular flexibility index (Phi) is 5.93. The molecular formula is C19H19F2N5OS. The lowest BCUT2D eigenvalue weighted by molar-refractivity contribution is -0.129. The first-order valence-electron chi connectivity index (χ1n) is 8.47. The highest BCUT2D eigenvalue weighted by Gasteiger charge is 2.23. The zero-order chi connectivity index (χ0) is 20.3. The standard InChI is InChI=1S/C19H19F2N5OS/c1-12(18(27)25(2)11-13-5-3-7-15(20)9-13)28-19-24-23-17(26(19)22)14-6-4-8-16(21)10-14/h3-10,12H,11,22H2,1-2H3/t12-/m0/s1. The SMILES string of the molecule is C[C@H](Sc1nnc(-c2cccc(F)c2)n1N)C(=O)N(C)Cc1cccc(F)c1. The number of rotatable bonds is 6. The van der Waals surface area contributed by atoms with Crippen LogP contribution in [0, 0.1) is 11.6 Å². The molecule has 0 spiro atoms. The van der Waals surface area contributed by atoms with E-state index >= 15 is 0 Å². The minimum Gasteiger partial charge on any atom is -0.340 e. The molecule has 9 heteroatoms. The van der Waals surface area contributed by atoms with Gasteiger partial charge in [-0.3, -0.25) is 4.79 Å². The first-order valence-corrected chi connectivity index (χ1v) is 9.35. The number of carbonyl (C=O) groups excluding carboxylic acids is 1. The lowest BCUT2D eigenvalue weighted by atomic mass is 10.2. The lowest BCUT2D eigenvalue weighted by Gasteiger charge is -2.21. The molecule has 0 unspecified atom stereocenters. The zero-order valence-electron chi connectivity index (χ0n) is 15.3. The monoisotopic (exact) mass is 403 g/mol. The van der Waals surface area contributed by atoms with Crippen LogP contribution in [0.3, 0.4) is 0 Å². The van der Waals surface area contributed by atoms with E-state index in [2.05, 4.69) is 10.2 Å². The summed E-state index contributed by atoms with van der Waals surface area (Å²) in [6, 6.07) is 12.0. The topological polar surface area (TPSA) is 77.0 Å². The normalized spacial score (nSPS) is 12.0. The Morgan fingerprint density at radius 3 is 2.54 bits per heavy atom. The van der Waals surface area contributed by atoms with Gasteiger partial charge in [0, 0.05) is 19.2 Å². The summed E-state index contributed by atoms with van der Waals surface area (Å²) >= 11 is 1.15. The molecule has 0 bridgehead atoms. The minimum atomic E-state index is -0.495. The van der Waals surface area contributed by atoms with E-state index in [9.17, 15) is 13.6 Å². The number of aromatic nitrogens is 3. The molecule has 1 aromatic heterocycles. The van der Waals surface area contributed by atoms with Gasteiger partial charge in [0.1, 0.15) is 11.6 Å². The molecule has 6 nitrogen and oxygen atoms in total. The number of hydrogen-bond donors (Lipinski definition) is 1. The van der Waals surface area contributed by atoms with E-state index in [4.69, 9.17) is 5.84 Å². The van der Waals surface area contributed by atoms with E-state index < -0.39 is 11.1 Å². The van der Waals surface area contributed by atoms with Gasteiger partial charge in [-0.15, -0.1) is 10.2 Å². The van der Waals surface area contributed by atoms with E-state index in [1.807, 2.05) is 0 Å². The third-order valence-electron chi connectivity index (χ3n) is 4.06. The van der Waals surface area contributed by atoms with Gasteiger partial charge in [-0.05, 0) is 36.8 Å². The Bertz CT molecular complexity index is 994. The third kappa shape index (κ3) is 4.48. The number of carbonyl (C=O) groups is 1. The number of nitrogens with zero attached hydrogens (tertiary/aromatic N) is 4. The molecule has 0 aliphatic carbocycles. The highest BCUT2D eigenvalue weighted by molar-refractivity contribution is 8.00. The Hall–Kier alpha value is -2.94. The maximum absolute atomic E-state index is 13.4. The van der Waals surface area contributed by atoms with Crippen molar-refractivity contribution in [1.82, 2.24) is 19.8 Å². The van der Waals surface area contributed by atoms with Crippen molar-refractivity contribution in [3.8, 4) is 11.4 Å². The molecule has 0 saturated carbocycles. The van der Waals surface area contributed by atoms with Crippen LogP contribution in [0.15, 0.2) is 53.7 Å². The van der Waals surface area contributed by atoms with Crippen LogP contribution in [0.1, 0.15) is 12.5 Å². The maximum atomic E-state index is 13.4. The Morgan fingerprint density at radius 1 is 1.18 bits per heavy atom. The zero-order valence-corrected chi connectivity index (χ0v) is 16.2. The van der Waals surface area contributed by atoms with Gasteiger partial charge in [0.2, 0.25) is 11.1 Å². The molecule has 0 saturated heterocycles. The van der Waals surface area contributed by atoms with Gasteiger partial charge in [-0.25, -0.2) is 13.5 Å². The van der Waals surface area contributed by atoms with Gasteiger partial charge in [-0.1, -0.05) is 36.0 Å². The van der Waals surface area contributed by atoms with Gasteiger partial charge in [-0.2, -0.15) is 0 Å². The van der Waals surface area contributed by atoms with E-state index in [1.165, 1.54) is 33.8 Å². The molecule has 28 heavy (non-hydrogen) atoms. The molecule has 3 aromatic rings. The number of thioether (sulfide) groups is 1. The number of amides is 1. The maximum Gasteiger partial charge on any atom is 0.235 e. The summed E-state index contributed by atoms with van der Waals surface area (Å²) in [7, 11) is 1.65. The Balaban J connectivity index is 1.68. The third-order valence-corrected chi connectivity index (χ3v) is 5.11. The summed E-state index contributed by atoms with van der Waals surface area (Å²) < 4.78 is 28.0. The molecule has 1 amide bonds. The second kappa shape index (κ2) is 8.39. The summed E-state index contributed by atoms with van der Waals surface area (Å²) in [6.07, 6.45) is 0. The second-order valence-corrected chi connectivity index (χ2v) is 7.58. The number of hydrogen-bond acceptors (Lipinski definition) is 5. The van der Waals surface area contributed by atoms with Gasteiger partial charge in [0.25, 0.3) is 0 Å². The Labute approximate surface area is 165 Å². The van der Waals surface area contributed by atoms with Crippen molar-refractivity contribution >= 4 is 17.7 Å². The Morgan fingerprint density at radius 2 is 1.86 bits per heavy atom. The van der Waals surface area contributed by atoms with E-state index in [1.54, 1.807) is 38.2 Å². The van der Waals surface area contributed by atoms with Crippen molar-refractivity contribution in [3.05, 3.63) is 65.7 Å². The number of nitrogens with two attached hydrogens (primary N) is 1. The molecule has 1 atom stereocenters. The van der Waals surface area contributed by atoms with Crippen LogP contribution in [-0.4, -0.2) is 38.0 Å².